The SMILES string of the molecule is Cc1nc(-c2ccccc2)ccc1C(=O)NCCO. The van der Waals surface area contributed by atoms with Crippen LogP contribution in [0.2, 0.25) is 0 Å². The zero-order chi connectivity index (χ0) is 13.7. The van der Waals surface area contributed by atoms with Crippen LogP contribution in [0.5, 0.6) is 0 Å². The number of aliphatic hydroxyl groups excluding tert-OH is 1. The second-order valence-electron chi connectivity index (χ2n) is 4.17. The molecule has 1 aromatic carbocycles. The first-order valence-corrected chi connectivity index (χ1v) is 6.14. The Morgan fingerprint density at radius 2 is 1.95 bits per heavy atom. The predicted molar refractivity (Wildman–Crippen MR) is 73.8 cm³/mol. The molecule has 4 heteroatoms. The fourth-order valence-electron chi connectivity index (χ4n) is 1.84. The van der Waals surface area contributed by atoms with Crippen LogP contribution < -0.4 is 5.32 Å². The van der Waals surface area contributed by atoms with Crippen molar-refractivity contribution in [1.29, 1.82) is 0 Å². The predicted octanol–water partition coefficient (Wildman–Crippen LogP) is 1.78. The molecule has 0 spiro atoms. The second-order valence-corrected chi connectivity index (χ2v) is 4.17. The van der Waals surface area contributed by atoms with Crippen LogP contribution in [-0.4, -0.2) is 29.1 Å². The molecule has 1 amide bonds. The van der Waals surface area contributed by atoms with E-state index < -0.39 is 0 Å². The summed E-state index contributed by atoms with van der Waals surface area (Å²) in [4.78, 5) is 16.3. The smallest absolute Gasteiger partial charge is 0.253 e. The van der Waals surface area contributed by atoms with Crippen LogP contribution in [0.4, 0.5) is 0 Å². The number of hydrogen-bond donors (Lipinski definition) is 2. The van der Waals surface area contributed by atoms with Crippen LogP contribution in [0.15, 0.2) is 42.5 Å². The van der Waals surface area contributed by atoms with Crippen molar-refractivity contribution in [3.63, 3.8) is 0 Å². The lowest BCUT2D eigenvalue weighted by Crippen LogP contribution is -2.27. The van der Waals surface area contributed by atoms with Crippen molar-refractivity contribution in [2.75, 3.05) is 13.2 Å². The largest absolute Gasteiger partial charge is 0.395 e. The molecule has 0 atom stereocenters. The van der Waals surface area contributed by atoms with Crippen molar-refractivity contribution in [3.8, 4) is 11.3 Å². The molecule has 2 aromatic rings. The molecule has 0 fully saturated rings. The van der Waals surface area contributed by atoms with Crippen molar-refractivity contribution in [3.05, 3.63) is 53.7 Å². The molecule has 0 bridgehead atoms. The maximum atomic E-state index is 11.8. The van der Waals surface area contributed by atoms with Crippen molar-refractivity contribution in [2.24, 2.45) is 0 Å². The molecule has 0 radical (unpaired) electrons. The lowest BCUT2D eigenvalue weighted by Gasteiger charge is -2.08. The van der Waals surface area contributed by atoms with Gasteiger partial charge in [0.1, 0.15) is 0 Å². The van der Waals surface area contributed by atoms with Gasteiger partial charge in [-0.2, -0.15) is 0 Å². The molecular weight excluding hydrogens is 240 g/mol. The number of nitrogens with one attached hydrogen (secondary N) is 1. The Bertz CT molecular complexity index is 568. The normalized spacial score (nSPS) is 10.2. The molecule has 0 unspecified atom stereocenters. The number of carbonyl (C=O) groups excluding carboxylic acids is 1. The van der Waals surface area contributed by atoms with Gasteiger partial charge in [0.2, 0.25) is 0 Å². The molecular formula is C15H16N2O2. The molecule has 2 rings (SSSR count). The number of nitrogens with zero attached hydrogens (tertiary/aromatic N) is 1. The Balaban J connectivity index is 2.25. The van der Waals surface area contributed by atoms with Gasteiger partial charge in [0, 0.05) is 12.1 Å². The highest BCUT2D eigenvalue weighted by Crippen LogP contribution is 2.18. The molecule has 0 aliphatic rings. The monoisotopic (exact) mass is 256 g/mol. The molecule has 98 valence electrons. The molecule has 1 aromatic heterocycles. The fraction of sp³-hybridized carbons (Fsp3) is 0.200. The van der Waals surface area contributed by atoms with Gasteiger partial charge >= 0.3 is 0 Å². The van der Waals surface area contributed by atoms with Crippen LogP contribution in [0, 0.1) is 6.92 Å². The average molecular weight is 256 g/mol. The molecule has 19 heavy (non-hydrogen) atoms. The Hall–Kier alpha value is -2.20. The van der Waals surface area contributed by atoms with Gasteiger partial charge in [-0.15, -0.1) is 0 Å². The van der Waals surface area contributed by atoms with E-state index in [9.17, 15) is 4.79 Å². The second kappa shape index (κ2) is 6.11. The minimum atomic E-state index is -0.210. The van der Waals surface area contributed by atoms with Crippen LogP contribution in [0.25, 0.3) is 11.3 Å². The maximum absolute atomic E-state index is 11.8. The highest BCUT2D eigenvalue weighted by molar-refractivity contribution is 5.95. The van der Waals surface area contributed by atoms with Gasteiger partial charge in [-0.05, 0) is 19.1 Å². The summed E-state index contributed by atoms with van der Waals surface area (Å²) >= 11 is 0. The first-order chi connectivity index (χ1) is 9.22. The zero-order valence-electron chi connectivity index (χ0n) is 10.8. The summed E-state index contributed by atoms with van der Waals surface area (Å²) in [5, 5.41) is 11.3. The summed E-state index contributed by atoms with van der Waals surface area (Å²) in [6.45, 7) is 1.99. The standard InChI is InChI=1S/C15H16N2O2/c1-11-13(15(19)16-9-10-18)7-8-14(17-11)12-5-3-2-4-6-12/h2-8,18H,9-10H2,1H3,(H,16,19). The summed E-state index contributed by atoms with van der Waals surface area (Å²) < 4.78 is 0. The van der Waals surface area contributed by atoms with Gasteiger partial charge in [0.25, 0.3) is 5.91 Å². The molecule has 0 saturated heterocycles. The summed E-state index contributed by atoms with van der Waals surface area (Å²) in [7, 11) is 0. The van der Waals surface area contributed by atoms with Gasteiger partial charge < -0.3 is 10.4 Å². The molecule has 0 aliphatic heterocycles. The van der Waals surface area contributed by atoms with E-state index in [1.165, 1.54) is 0 Å². The van der Waals surface area contributed by atoms with Crippen molar-refractivity contribution in [1.82, 2.24) is 10.3 Å². The van der Waals surface area contributed by atoms with Crippen molar-refractivity contribution in [2.45, 2.75) is 6.92 Å². The van der Waals surface area contributed by atoms with E-state index in [1.807, 2.05) is 36.4 Å². The number of aryl methyl sites for hydroxylation is 1. The Labute approximate surface area is 112 Å². The van der Waals surface area contributed by atoms with Gasteiger partial charge in [-0.3, -0.25) is 9.78 Å². The quantitative estimate of drug-likeness (QED) is 0.876. The van der Waals surface area contributed by atoms with E-state index in [2.05, 4.69) is 10.3 Å². The minimum Gasteiger partial charge on any atom is -0.395 e. The number of aliphatic hydroxyl groups is 1. The molecule has 4 nitrogen and oxygen atoms in total. The van der Waals surface area contributed by atoms with Crippen LogP contribution in [-0.2, 0) is 0 Å². The van der Waals surface area contributed by atoms with Gasteiger partial charge in [-0.25, -0.2) is 0 Å². The van der Waals surface area contributed by atoms with Gasteiger partial charge in [0.15, 0.2) is 0 Å². The van der Waals surface area contributed by atoms with Crippen LogP contribution in [0.1, 0.15) is 16.1 Å². The van der Waals surface area contributed by atoms with Crippen molar-refractivity contribution < 1.29 is 9.90 Å². The molecule has 2 N–H and O–H groups in total. The molecule has 0 aliphatic carbocycles. The lowest BCUT2D eigenvalue weighted by atomic mass is 10.1. The topological polar surface area (TPSA) is 62.2 Å². The number of pyridine rings is 1. The Morgan fingerprint density at radius 3 is 2.58 bits per heavy atom. The van der Waals surface area contributed by atoms with E-state index in [0.29, 0.717) is 11.3 Å². The number of amides is 1. The number of aromatic nitrogens is 1. The van der Waals surface area contributed by atoms with Crippen LogP contribution >= 0.6 is 0 Å². The summed E-state index contributed by atoms with van der Waals surface area (Å²) in [6, 6.07) is 13.4. The first kappa shape index (κ1) is 13.2. The van der Waals surface area contributed by atoms with E-state index in [1.54, 1.807) is 13.0 Å². The average Bonchev–Trinajstić information content (AvgIpc) is 2.45. The zero-order valence-corrected chi connectivity index (χ0v) is 10.8. The minimum absolute atomic E-state index is 0.0691. The third-order valence-electron chi connectivity index (χ3n) is 2.80. The lowest BCUT2D eigenvalue weighted by molar-refractivity contribution is 0.0944. The maximum Gasteiger partial charge on any atom is 0.253 e. The van der Waals surface area contributed by atoms with Crippen LogP contribution in [0.3, 0.4) is 0 Å². The van der Waals surface area contributed by atoms with E-state index in [0.717, 1.165) is 11.3 Å². The van der Waals surface area contributed by atoms with E-state index >= 15 is 0 Å². The molecule has 0 saturated carbocycles. The van der Waals surface area contributed by atoms with Crippen molar-refractivity contribution >= 4 is 5.91 Å². The summed E-state index contributed by atoms with van der Waals surface area (Å²) in [6.07, 6.45) is 0. The number of hydrogen-bond acceptors (Lipinski definition) is 3. The summed E-state index contributed by atoms with van der Waals surface area (Å²) in [5.74, 6) is -0.210. The highest BCUT2D eigenvalue weighted by atomic mass is 16.3. The third-order valence-corrected chi connectivity index (χ3v) is 2.80. The van der Waals surface area contributed by atoms with E-state index in [4.69, 9.17) is 5.11 Å². The first-order valence-electron chi connectivity index (χ1n) is 6.14. The third kappa shape index (κ3) is 3.17. The van der Waals surface area contributed by atoms with E-state index in [-0.39, 0.29) is 19.1 Å². The number of rotatable bonds is 4. The highest BCUT2D eigenvalue weighted by Gasteiger charge is 2.10. The molecule has 1 heterocycles. The Morgan fingerprint density at radius 1 is 1.21 bits per heavy atom. The Kier molecular flexibility index (Phi) is 4.26. The van der Waals surface area contributed by atoms with Gasteiger partial charge in [-0.1, -0.05) is 30.3 Å². The number of carbonyl (C=O) groups is 1. The summed E-state index contributed by atoms with van der Waals surface area (Å²) in [5.41, 5.74) is 3.08. The fourth-order valence-corrected chi connectivity index (χ4v) is 1.84. The number of benzene rings is 1. The van der Waals surface area contributed by atoms with Gasteiger partial charge in [0.05, 0.1) is 23.6 Å².